The summed E-state index contributed by atoms with van der Waals surface area (Å²) in [6, 6.07) is 6.55. The highest BCUT2D eigenvalue weighted by Crippen LogP contribution is 2.38. The number of nitriles is 1. The van der Waals surface area contributed by atoms with Gasteiger partial charge in [-0.05, 0) is 61.6 Å². The lowest BCUT2D eigenvalue weighted by Gasteiger charge is -2.37. The summed E-state index contributed by atoms with van der Waals surface area (Å²) in [7, 11) is 0. The van der Waals surface area contributed by atoms with Crippen LogP contribution >= 0.6 is 0 Å². The van der Waals surface area contributed by atoms with Gasteiger partial charge in [-0.3, -0.25) is 0 Å². The number of nitrogens with zero attached hydrogens (tertiary/aromatic N) is 1. The number of ether oxygens (including phenoxy) is 1. The molecule has 3 saturated carbocycles. The summed E-state index contributed by atoms with van der Waals surface area (Å²) in [6.07, 6.45) is 20.1. The molecule has 1 aromatic rings. The molecule has 3 aliphatic rings. The van der Waals surface area contributed by atoms with Gasteiger partial charge in [-0.2, -0.15) is 5.26 Å². The molecule has 0 bridgehead atoms. The van der Waals surface area contributed by atoms with Crippen LogP contribution in [0.2, 0.25) is 0 Å². The lowest BCUT2D eigenvalue weighted by atomic mass is 9.75. The molecule has 0 aliphatic heterocycles. The van der Waals surface area contributed by atoms with Crippen LogP contribution in [0.3, 0.4) is 0 Å². The third-order valence-electron chi connectivity index (χ3n) is 7.47. The van der Waals surface area contributed by atoms with E-state index in [1.54, 1.807) is 12.1 Å². The largest absolute Gasteiger partial charge is 0.487 e. The van der Waals surface area contributed by atoms with Crippen molar-refractivity contribution >= 4 is 0 Å². The van der Waals surface area contributed by atoms with Gasteiger partial charge in [-0.1, -0.05) is 77.6 Å². The summed E-state index contributed by atoms with van der Waals surface area (Å²) < 4.78 is 20.5. The highest BCUT2D eigenvalue weighted by Gasteiger charge is 2.33. The standard InChI is InChI=1S/C20H26FNO.C7H14/c21-18-13-15(14-22)11-12-19(18)23-20(16-7-3-1-4-8-16)17-9-5-2-6-10-17;1-2-4-7-5-3-6-7/h11-13,16-17,20H,1-10H2;7H,2-6H2,1H3. The Bertz CT molecular complexity index is 648. The molecule has 0 atom stereocenters. The summed E-state index contributed by atoms with van der Waals surface area (Å²) in [5.74, 6) is 2.17. The SMILES string of the molecule is CCCC1CCC1.N#Cc1ccc(OC(C2CCCCC2)C2CCCCC2)c(F)c1. The Labute approximate surface area is 183 Å². The Morgan fingerprint density at radius 2 is 1.53 bits per heavy atom. The highest BCUT2D eigenvalue weighted by molar-refractivity contribution is 5.36. The number of rotatable bonds is 6. The second kappa shape index (κ2) is 12.3. The average Bonchev–Trinajstić information content (AvgIpc) is 2.77. The van der Waals surface area contributed by atoms with Gasteiger partial charge in [0.15, 0.2) is 11.6 Å². The molecular formula is C27H40FNO. The summed E-state index contributed by atoms with van der Waals surface area (Å²) in [6.45, 7) is 2.28. The van der Waals surface area contributed by atoms with Crippen molar-refractivity contribution in [3.8, 4) is 11.8 Å². The highest BCUT2D eigenvalue weighted by atomic mass is 19.1. The Morgan fingerprint density at radius 3 is 1.93 bits per heavy atom. The van der Waals surface area contributed by atoms with E-state index in [0.29, 0.717) is 23.1 Å². The van der Waals surface area contributed by atoms with E-state index in [4.69, 9.17) is 10.00 Å². The van der Waals surface area contributed by atoms with Crippen molar-refractivity contribution in [3.63, 3.8) is 0 Å². The Kier molecular flexibility index (Phi) is 9.50. The molecule has 0 N–H and O–H groups in total. The summed E-state index contributed by atoms with van der Waals surface area (Å²) in [5.41, 5.74) is 0.349. The number of hydrogen-bond acceptors (Lipinski definition) is 2. The van der Waals surface area contributed by atoms with Gasteiger partial charge in [0, 0.05) is 0 Å². The van der Waals surface area contributed by atoms with E-state index in [-0.39, 0.29) is 6.10 Å². The molecule has 0 heterocycles. The Balaban J connectivity index is 0.000000310. The first-order chi connectivity index (χ1) is 14.7. The van der Waals surface area contributed by atoms with Crippen LogP contribution in [0.25, 0.3) is 0 Å². The van der Waals surface area contributed by atoms with Crippen molar-refractivity contribution in [1.82, 2.24) is 0 Å². The predicted octanol–water partition coefficient (Wildman–Crippen LogP) is 8.19. The van der Waals surface area contributed by atoms with E-state index in [2.05, 4.69) is 6.92 Å². The second-order valence-corrected chi connectivity index (χ2v) is 9.72. The summed E-state index contributed by atoms with van der Waals surface area (Å²) in [5, 5.41) is 8.89. The predicted molar refractivity (Wildman–Crippen MR) is 121 cm³/mol. The smallest absolute Gasteiger partial charge is 0.166 e. The molecule has 3 heteroatoms. The minimum atomic E-state index is -0.402. The van der Waals surface area contributed by atoms with Crippen LogP contribution in [0.4, 0.5) is 4.39 Å². The molecule has 0 amide bonds. The van der Waals surface area contributed by atoms with Crippen LogP contribution in [0, 0.1) is 34.9 Å². The summed E-state index contributed by atoms with van der Waals surface area (Å²) in [4.78, 5) is 0. The van der Waals surface area contributed by atoms with Crippen LogP contribution in [-0.4, -0.2) is 6.10 Å². The van der Waals surface area contributed by atoms with Crippen molar-refractivity contribution in [2.75, 3.05) is 0 Å². The number of hydrogen-bond donors (Lipinski definition) is 0. The van der Waals surface area contributed by atoms with E-state index in [1.165, 1.54) is 102 Å². The normalized spacial score (nSPS) is 20.7. The van der Waals surface area contributed by atoms with Crippen LogP contribution in [-0.2, 0) is 0 Å². The molecule has 30 heavy (non-hydrogen) atoms. The molecule has 0 aromatic heterocycles. The Hall–Kier alpha value is -1.56. The van der Waals surface area contributed by atoms with Gasteiger partial charge in [0.25, 0.3) is 0 Å². The van der Waals surface area contributed by atoms with Crippen LogP contribution in [0.1, 0.15) is 109 Å². The van der Waals surface area contributed by atoms with Crippen LogP contribution < -0.4 is 4.74 Å². The number of benzene rings is 1. The minimum absolute atomic E-state index is 0.137. The third kappa shape index (κ3) is 6.73. The minimum Gasteiger partial charge on any atom is -0.487 e. The van der Waals surface area contributed by atoms with Gasteiger partial charge in [0.2, 0.25) is 0 Å². The molecule has 2 nitrogen and oxygen atoms in total. The van der Waals surface area contributed by atoms with E-state index < -0.39 is 5.82 Å². The topological polar surface area (TPSA) is 33.0 Å². The van der Waals surface area contributed by atoms with Gasteiger partial charge < -0.3 is 4.74 Å². The molecule has 0 saturated heterocycles. The molecule has 0 spiro atoms. The zero-order valence-electron chi connectivity index (χ0n) is 18.9. The molecule has 3 aliphatic carbocycles. The fourth-order valence-corrected chi connectivity index (χ4v) is 5.51. The lowest BCUT2D eigenvalue weighted by molar-refractivity contribution is 0.0361. The molecule has 3 fully saturated rings. The fraction of sp³-hybridized carbons (Fsp3) is 0.741. The van der Waals surface area contributed by atoms with Gasteiger partial charge in [0.05, 0.1) is 11.6 Å². The first kappa shape index (κ1) is 23.1. The van der Waals surface area contributed by atoms with Crippen molar-refractivity contribution < 1.29 is 9.13 Å². The first-order valence-corrected chi connectivity index (χ1v) is 12.6. The van der Waals surface area contributed by atoms with E-state index in [0.717, 1.165) is 5.92 Å². The molecule has 166 valence electrons. The Morgan fingerprint density at radius 1 is 0.933 bits per heavy atom. The molecule has 1 aromatic carbocycles. The summed E-state index contributed by atoms with van der Waals surface area (Å²) >= 11 is 0. The average molecular weight is 414 g/mol. The maximum atomic E-state index is 14.3. The fourth-order valence-electron chi connectivity index (χ4n) is 5.51. The maximum absolute atomic E-state index is 14.3. The van der Waals surface area contributed by atoms with Crippen LogP contribution in [0.5, 0.6) is 5.75 Å². The molecule has 0 radical (unpaired) electrons. The van der Waals surface area contributed by atoms with Crippen molar-refractivity contribution in [2.24, 2.45) is 17.8 Å². The van der Waals surface area contributed by atoms with E-state index in [9.17, 15) is 4.39 Å². The van der Waals surface area contributed by atoms with Gasteiger partial charge in [-0.25, -0.2) is 4.39 Å². The van der Waals surface area contributed by atoms with Crippen LogP contribution in [0.15, 0.2) is 18.2 Å². The van der Waals surface area contributed by atoms with Crippen molar-refractivity contribution in [1.29, 1.82) is 5.26 Å². The van der Waals surface area contributed by atoms with Gasteiger partial charge >= 0.3 is 0 Å². The maximum Gasteiger partial charge on any atom is 0.166 e. The monoisotopic (exact) mass is 413 g/mol. The molecule has 0 unspecified atom stereocenters. The van der Waals surface area contributed by atoms with E-state index in [1.807, 2.05) is 6.07 Å². The van der Waals surface area contributed by atoms with E-state index >= 15 is 0 Å². The van der Waals surface area contributed by atoms with Gasteiger partial charge in [0.1, 0.15) is 6.10 Å². The zero-order chi connectivity index (χ0) is 21.2. The quantitative estimate of drug-likeness (QED) is 0.471. The first-order valence-electron chi connectivity index (χ1n) is 12.6. The van der Waals surface area contributed by atoms with Crippen molar-refractivity contribution in [2.45, 2.75) is 109 Å². The number of halogens is 1. The molecule has 4 rings (SSSR count). The molecular weight excluding hydrogens is 373 g/mol. The second-order valence-electron chi connectivity index (χ2n) is 9.72. The van der Waals surface area contributed by atoms with Gasteiger partial charge in [-0.15, -0.1) is 0 Å². The van der Waals surface area contributed by atoms with Crippen molar-refractivity contribution in [3.05, 3.63) is 29.6 Å². The lowest BCUT2D eigenvalue weighted by Crippen LogP contribution is -2.37. The zero-order valence-corrected chi connectivity index (χ0v) is 18.9. The third-order valence-corrected chi connectivity index (χ3v) is 7.47.